The van der Waals surface area contributed by atoms with E-state index in [9.17, 15) is 4.79 Å². The van der Waals surface area contributed by atoms with Gasteiger partial charge in [0.25, 0.3) is 5.91 Å². The van der Waals surface area contributed by atoms with Gasteiger partial charge in [-0.15, -0.1) is 0 Å². The number of amides is 1. The van der Waals surface area contributed by atoms with Gasteiger partial charge < -0.3 is 11.1 Å². The Kier molecular flexibility index (Phi) is 3.80. The summed E-state index contributed by atoms with van der Waals surface area (Å²) in [6.45, 7) is 8.78. The van der Waals surface area contributed by atoms with Gasteiger partial charge in [0.15, 0.2) is 0 Å². The number of hydrogen-bond donors (Lipinski definition) is 2. The Balaban J connectivity index is 2.86. The van der Waals surface area contributed by atoms with Crippen molar-refractivity contribution in [1.82, 2.24) is 15.1 Å². The van der Waals surface area contributed by atoms with Crippen LogP contribution in [0.4, 0.5) is 5.69 Å². The fraction of sp³-hybridized carbons (Fsp3) is 0.667. The van der Waals surface area contributed by atoms with Gasteiger partial charge in [-0.25, -0.2) is 0 Å². The molecule has 1 amide bonds. The second-order valence-electron chi connectivity index (χ2n) is 5.43. The molecule has 0 unspecified atom stereocenters. The molecule has 0 radical (unpaired) electrons. The molecule has 0 aliphatic heterocycles. The Morgan fingerprint density at radius 1 is 1.47 bits per heavy atom. The first-order chi connectivity index (χ1) is 7.76. The van der Waals surface area contributed by atoms with Crippen molar-refractivity contribution in [2.75, 3.05) is 12.3 Å². The zero-order chi connectivity index (χ0) is 13.2. The minimum absolute atomic E-state index is 0.0522. The number of hydrogen-bond acceptors (Lipinski definition) is 3. The first-order valence-corrected chi connectivity index (χ1v) is 5.85. The SMILES string of the molecule is CCc1nn(C)c(C(=O)NCC(C)(C)C)c1N. The van der Waals surface area contributed by atoms with E-state index in [1.807, 2.05) is 6.92 Å². The molecular weight excluding hydrogens is 216 g/mol. The number of carbonyl (C=O) groups is 1. The highest BCUT2D eigenvalue weighted by Crippen LogP contribution is 2.17. The molecule has 1 aromatic heterocycles. The van der Waals surface area contributed by atoms with Gasteiger partial charge in [0, 0.05) is 13.6 Å². The van der Waals surface area contributed by atoms with Gasteiger partial charge in [0.1, 0.15) is 5.69 Å². The van der Waals surface area contributed by atoms with Crippen LogP contribution < -0.4 is 11.1 Å². The average molecular weight is 238 g/mol. The summed E-state index contributed by atoms with van der Waals surface area (Å²) in [4.78, 5) is 12.0. The van der Waals surface area contributed by atoms with Crippen LogP contribution in [0.25, 0.3) is 0 Å². The van der Waals surface area contributed by atoms with E-state index in [1.165, 1.54) is 0 Å². The van der Waals surface area contributed by atoms with Crippen LogP contribution in [0.5, 0.6) is 0 Å². The highest BCUT2D eigenvalue weighted by molar-refractivity contribution is 5.97. The molecule has 0 bridgehead atoms. The lowest BCUT2D eigenvalue weighted by atomic mass is 9.97. The molecule has 0 aliphatic carbocycles. The summed E-state index contributed by atoms with van der Waals surface area (Å²) in [5, 5.41) is 7.10. The van der Waals surface area contributed by atoms with Crippen molar-refractivity contribution < 1.29 is 4.79 Å². The van der Waals surface area contributed by atoms with Gasteiger partial charge in [0.2, 0.25) is 0 Å². The lowest BCUT2D eigenvalue weighted by molar-refractivity contribution is 0.0931. The Hall–Kier alpha value is -1.52. The Bertz CT molecular complexity index is 415. The van der Waals surface area contributed by atoms with Crippen molar-refractivity contribution in [3.63, 3.8) is 0 Å². The van der Waals surface area contributed by atoms with Crippen LogP contribution >= 0.6 is 0 Å². The lowest BCUT2D eigenvalue weighted by Crippen LogP contribution is -2.33. The number of anilines is 1. The lowest BCUT2D eigenvalue weighted by Gasteiger charge is -2.18. The predicted molar refractivity (Wildman–Crippen MR) is 68.8 cm³/mol. The molecule has 0 saturated heterocycles. The summed E-state index contributed by atoms with van der Waals surface area (Å²) < 4.78 is 1.55. The fourth-order valence-electron chi connectivity index (χ4n) is 1.56. The van der Waals surface area contributed by atoms with Crippen molar-refractivity contribution >= 4 is 11.6 Å². The van der Waals surface area contributed by atoms with E-state index in [0.717, 1.165) is 12.1 Å². The first kappa shape index (κ1) is 13.5. The average Bonchev–Trinajstić information content (AvgIpc) is 2.49. The van der Waals surface area contributed by atoms with Crippen LogP contribution in [0.2, 0.25) is 0 Å². The topological polar surface area (TPSA) is 72.9 Å². The summed E-state index contributed by atoms with van der Waals surface area (Å²) in [5.41, 5.74) is 7.67. The maximum Gasteiger partial charge on any atom is 0.271 e. The van der Waals surface area contributed by atoms with Crippen molar-refractivity contribution in [2.45, 2.75) is 34.1 Å². The van der Waals surface area contributed by atoms with E-state index in [4.69, 9.17) is 5.73 Å². The maximum absolute atomic E-state index is 12.0. The van der Waals surface area contributed by atoms with E-state index in [2.05, 4.69) is 31.2 Å². The monoisotopic (exact) mass is 238 g/mol. The maximum atomic E-state index is 12.0. The second kappa shape index (κ2) is 4.77. The standard InChI is InChI=1S/C12H22N4O/c1-6-8-9(13)10(16(5)15-8)11(17)14-7-12(2,3)4/h6-7,13H2,1-5H3,(H,14,17). The van der Waals surface area contributed by atoms with Gasteiger partial charge in [-0.1, -0.05) is 27.7 Å². The first-order valence-electron chi connectivity index (χ1n) is 5.85. The van der Waals surface area contributed by atoms with Crippen LogP contribution in [0.3, 0.4) is 0 Å². The second-order valence-corrected chi connectivity index (χ2v) is 5.43. The summed E-state index contributed by atoms with van der Waals surface area (Å²) in [7, 11) is 1.74. The van der Waals surface area contributed by atoms with E-state index in [-0.39, 0.29) is 11.3 Å². The van der Waals surface area contributed by atoms with E-state index >= 15 is 0 Å². The predicted octanol–water partition coefficient (Wildman–Crippen LogP) is 1.34. The molecule has 1 aromatic rings. The van der Waals surface area contributed by atoms with Crippen molar-refractivity contribution in [1.29, 1.82) is 0 Å². The summed E-state index contributed by atoms with van der Waals surface area (Å²) in [6.07, 6.45) is 0.728. The molecule has 5 nitrogen and oxygen atoms in total. The van der Waals surface area contributed by atoms with Crippen LogP contribution in [0.1, 0.15) is 43.9 Å². The molecule has 1 heterocycles. The molecule has 1 rings (SSSR count). The van der Waals surface area contributed by atoms with Gasteiger partial charge >= 0.3 is 0 Å². The highest BCUT2D eigenvalue weighted by atomic mass is 16.2. The zero-order valence-electron chi connectivity index (χ0n) is 11.3. The van der Waals surface area contributed by atoms with Gasteiger partial charge in [-0.3, -0.25) is 9.48 Å². The summed E-state index contributed by atoms with van der Waals surface area (Å²) in [6, 6.07) is 0. The van der Waals surface area contributed by atoms with Gasteiger partial charge in [-0.05, 0) is 11.8 Å². The highest BCUT2D eigenvalue weighted by Gasteiger charge is 2.20. The van der Waals surface area contributed by atoms with Crippen LogP contribution in [0.15, 0.2) is 0 Å². The molecule has 3 N–H and O–H groups in total. The van der Waals surface area contributed by atoms with Gasteiger partial charge in [0.05, 0.1) is 11.4 Å². The van der Waals surface area contributed by atoms with Crippen LogP contribution in [0, 0.1) is 5.41 Å². The molecular formula is C12H22N4O. The smallest absolute Gasteiger partial charge is 0.271 e. The number of aryl methyl sites for hydroxylation is 2. The quantitative estimate of drug-likeness (QED) is 0.834. The molecule has 17 heavy (non-hydrogen) atoms. The minimum Gasteiger partial charge on any atom is -0.395 e. The third-order valence-electron chi connectivity index (χ3n) is 2.49. The molecule has 0 spiro atoms. The van der Waals surface area contributed by atoms with Crippen LogP contribution in [-0.4, -0.2) is 22.2 Å². The molecule has 0 aromatic carbocycles. The Morgan fingerprint density at radius 2 is 2.06 bits per heavy atom. The number of nitrogens with one attached hydrogen (secondary N) is 1. The summed E-state index contributed by atoms with van der Waals surface area (Å²) in [5.74, 6) is -0.160. The van der Waals surface area contributed by atoms with E-state index < -0.39 is 0 Å². The Morgan fingerprint density at radius 3 is 2.47 bits per heavy atom. The number of rotatable bonds is 3. The molecule has 0 aliphatic rings. The molecule has 0 saturated carbocycles. The number of carbonyl (C=O) groups excluding carboxylic acids is 1. The zero-order valence-corrected chi connectivity index (χ0v) is 11.3. The van der Waals surface area contributed by atoms with Crippen LogP contribution in [-0.2, 0) is 13.5 Å². The molecule has 5 heteroatoms. The largest absolute Gasteiger partial charge is 0.395 e. The van der Waals surface area contributed by atoms with Gasteiger partial charge in [-0.2, -0.15) is 5.10 Å². The number of nitrogen functional groups attached to an aromatic ring is 1. The third kappa shape index (κ3) is 3.22. The molecule has 96 valence electrons. The number of nitrogens with two attached hydrogens (primary N) is 1. The number of nitrogens with zero attached hydrogens (tertiary/aromatic N) is 2. The third-order valence-corrected chi connectivity index (χ3v) is 2.49. The minimum atomic E-state index is -0.160. The molecule has 0 fully saturated rings. The van der Waals surface area contributed by atoms with Crippen molar-refractivity contribution in [3.8, 4) is 0 Å². The number of aromatic nitrogens is 2. The molecule has 0 atom stereocenters. The summed E-state index contributed by atoms with van der Waals surface area (Å²) >= 11 is 0. The van der Waals surface area contributed by atoms with Crippen molar-refractivity contribution in [2.24, 2.45) is 12.5 Å². The Labute approximate surface area is 102 Å². The van der Waals surface area contributed by atoms with E-state index in [1.54, 1.807) is 11.7 Å². The van der Waals surface area contributed by atoms with E-state index in [0.29, 0.717) is 17.9 Å². The fourth-order valence-corrected chi connectivity index (χ4v) is 1.56. The van der Waals surface area contributed by atoms with Crippen molar-refractivity contribution in [3.05, 3.63) is 11.4 Å². The normalized spacial score (nSPS) is 11.6.